The van der Waals surface area contributed by atoms with Crippen LogP contribution in [0.2, 0.25) is 0 Å². The number of halogens is 2. The molecule has 0 aliphatic carbocycles. The van der Waals surface area contributed by atoms with Crippen molar-refractivity contribution < 1.29 is 13.6 Å². The van der Waals surface area contributed by atoms with E-state index in [1.54, 1.807) is 18.3 Å². The minimum Gasteiger partial charge on any atom is -0.359 e. The van der Waals surface area contributed by atoms with E-state index in [1.165, 1.54) is 12.1 Å². The smallest absolute Gasteiger partial charge is 0.183 e. The summed E-state index contributed by atoms with van der Waals surface area (Å²) < 4.78 is 26.1. The summed E-state index contributed by atoms with van der Waals surface area (Å²) in [7, 11) is 0. The molecule has 0 fully saturated rings. The number of benzene rings is 1. The van der Waals surface area contributed by atoms with E-state index in [1.807, 2.05) is 0 Å². The van der Waals surface area contributed by atoms with Crippen LogP contribution in [-0.4, -0.2) is 10.8 Å². The molecule has 0 radical (unpaired) electrons. The lowest BCUT2D eigenvalue weighted by molar-refractivity contribution is 0.0987. The number of aromatic amines is 1. The number of rotatable bonds is 3. The van der Waals surface area contributed by atoms with Crippen LogP contribution in [0.4, 0.5) is 8.78 Å². The second-order valence-corrected chi connectivity index (χ2v) is 3.40. The second-order valence-electron chi connectivity index (χ2n) is 3.40. The first-order valence-electron chi connectivity index (χ1n) is 4.78. The summed E-state index contributed by atoms with van der Waals surface area (Å²) in [5.74, 6) is -2.16. The molecule has 2 aromatic rings. The van der Waals surface area contributed by atoms with Crippen molar-refractivity contribution in [2.24, 2.45) is 0 Å². The molecule has 2 rings (SSSR count). The van der Waals surface area contributed by atoms with E-state index in [4.69, 9.17) is 0 Å². The van der Waals surface area contributed by atoms with Crippen LogP contribution in [0.5, 0.6) is 0 Å². The zero-order valence-electron chi connectivity index (χ0n) is 8.34. The van der Waals surface area contributed by atoms with Crippen LogP contribution in [0, 0.1) is 11.6 Å². The van der Waals surface area contributed by atoms with Gasteiger partial charge in [-0.2, -0.15) is 0 Å². The Balaban J connectivity index is 2.22. The maximum Gasteiger partial charge on any atom is 0.183 e. The summed E-state index contributed by atoms with van der Waals surface area (Å²) in [5.41, 5.74) is 0.461. The predicted octanol–water partition coefficient (Wildman–Crippen LogP) is 2.72. The molecule has 0 bridgehead atoms. The number of nitrogens with one attached hydrogen (secondary N) is 1. The highest BCUT2D eigenvalue weighted by molar-refractivity contribution is 5.95. The number of Topliss-reactive ketones (excluding diaryl/α,β-unsaturated/α-hetero) is 1. The number of carbonyl (C=O) groups excluding carboxylic acids is 1. The number of ketones is 1. The van der Waals surface area contributed by atoms with Gasteiger partial charge in [0.25, 0.3) is 0 Å². The largest absolute Gasteiger partial charge is 0.359 e. The van der Waals surface area contributed by atoms with Crippen LogP contribution in [0.15, 0.2) is 36.5 Å². The Morgan fingerprint density at radius 1 is 1.19 bits per heavy atom. The summed E-state index contributed by atoms with van der Waals surface area (Å²) in [5, 5.41) is 0. The predicted molar refractivity (Wildman–Crippen MR) is 55.2 cm³/mol. The third-order valence-corrected chi connectivity index (χ3v) is 2.28. The van der Waals surface area contributed by atoms with Crippen LogP contribution < -0.4 is 0 Å². The highest BCUT2D eigenvalue weighted by Crippen LogP contribution is 2.13. The van der Waals surface area contributed by atoms with Gasteiger partial charge in [0, 0.05) is 12.6 Å². The maximum atomic E-state index is 13.3. The van der Waals surface area contributed by atoms with Crippen LogP contribution in [0.25, 0.3) is 0 Å². The van der Waals surface area contributed by atoms with E-state index in [0.717, 1.165) is 6.07 Å². The zero-order chi connectivity index (χ0) is 11.5. The monoisotopic (exact) mass is 221 g/mol. The molecule has 0 saturated carbocycles. The molecule has 0 atom stereocenters. The standard InChI is InChI=1S/C12H9F2NO/c13-9-4-1-3-8(12(9)14)7-11(16)10-5-2-6-15-10/h1-6,15H,7H2. The third-order valence-electron chi connectivity index (χ3n) is 2.28. The average Bonchev–Trinajstić information content (AvgIpc) is 2.78. The van der Waals surface area contributed by atoms with E-state index in [-0.39, 0.29) is 17.8 Å². The summed E-state index contributed by atoms with van der Waals surface area (Å²) in [6, 6.07) is 7.08. The molecule has 1 aromatic carbocycles. The van der Waals surface area contributed by atoms with Crippen molar-refractivity contribution in [3.63, 3.8) is 0 Å². The first kappa shape index (κ1) is 10.5. The van der Waals surface area contributed by atoms with Crippen molar-refractivity contribution in [2.75, 3.05) is 0 Å². The molecular formula is C12H9F2NO. The van der Waals surface area contributed by atoms with Crippen molar-refractivity contribution in [3.05, 3.63) is 59.4 Å². The molecule has 1 heterocycles. The van der Waals surface area contributed by atoms with Gasteiger partial charge in [0.05, 0.1) is 5.69 Å². The van der Waals surface area contributed by atoms with Gasteiger partial charge in [-0.05, 0) is 23.8 Å². The van der Waals surface area contributed by atoms with Crippen LogP contribution in [-0.2, 0) is 6.42 Å². The Kier molecular flexibility index (Phi) is 2.81. The van der Waals surface area contributed by atoms with E-state index in [2.05, 4.69) is 4.98 Å². The molecule has 0 saturated heterocycles. The number of aromatic nitrogens is 1. The number of hydrogen-bond acceptors (Lipinski definition) is 1. The Labute approximate surface area is 90.9 Å². The fourth-order valence-corrected chi connectivity index (χ4v) is 1.46. The molecule has 0 amide bonds. The first-order chi connectivity index (χ1) is 7.68. The summed E-state index contributed by atoms with van der Waals surface area (Å²) in [4.78, 5) is 14.3. The molecule has 4 heteroatoms. The molecule has 0 unspecified atom stereocenters. The van der Waals surface area contributed by atoms with Crippen molar-refractivity contribution in [1.82, 2.24) is 4.98 Å². The van der Waals surface area contributed by atoms with Gasteiger partial charge in [0.1, 0.15) is 0 Å². The lowest BCUT2D eigenvalue weighted by Crippen LogP contribution is -2.06. The van der Waals surface area contributed by atoms with Crippen LogP contribution in [0.1, 0.15) is 16.1 Å². The first-order valence-corrected chi connectivity index (χ1v) is 4.78. The van der Waals surface area contributed by atoms with Crippen LogP contribution in [0.3, 0.4) is 0 Å². The number of H-pyrrole nitrogens is 1. The van der Waals surface area contributed by atoms with Crippen molar-refractivity contribution >= 4 is 5.78 Å². The van der Waals surface area contributed by atoms with E-state index in [9.17, 15) is 13.6 Å². The third kappa shape index (κ3) is 2.00. The highest BCUT2D eigenvalue weighted by atomic mass is 19.2. The second kappa shape index (κ2) is 4.26. The number of carbonyl (C=O) groups is 1. The molecule has 2 nitrogen and oxygen atoms in total. The van der Waals surface area contributed by atoms with Gasteiger partial charge in [-0.25, -0.2) is 8.78 Å². The summed E-state index contributed by atoms with van der Waals surface area (Å²) in [6.07, 6.45) is 1.46. The van der Waals surface area contributed by atoms with Crippen molar-refractivity contribution in [3.8, 4) is 0 Å². The van der Waals surface area contributed by atoms with E-state index in [0.29, 0.717) is 5.69 Å². The zero-order valence-corrected chi connectivity index (χ0v) is 8.34. The SMILES string of the molecule is O=C(Cc1cccc(F)c1F)c1ccc[nH]1. The molecule has 82 valence electrons. The summed E-state index contributed by atoms with van der Waals surface area (Å²) >= 11 is 0. The van der Waals surface area contributed by atoms with Gasteiger partial charge in [-0.1, -0.05) is 12.1 Å². The quantitative estimate of drug-likeness (QED) is 0.794. The average molecular weight is 221 g/mol. The molecular weight excluding hydrogens is 212 g/mol. The Hall–Kier alpha value is -1.97. The Morgan fingerprint density at radius 2 is 2.00 bits per heavy atom. The van der Waals surface area contributed by atoms with Gasteiger partial charge in [-0.3, -0.25) is 4.79 Å². The lowest BCUT2D eigenvalue weighted by atomic mass is 10.1. The molecule has 16 heavy (non-hydrogen) atoms. The fourth-order valence-electron chi connectivity index (χ4n) is 1.46. The molecule has 1 aromatic heterocycles. The highest BCUT2D eigenvalue weighted by Gasteiger charge is 2.13. The molecule has 0 spiro atoms. The lowest BCUT2D eigenvalue weighted by Gasteiger charge is -2.02. The van der Waals surface area contributed by atoms with Crippen molar-refractivity contribution in [2.45, 2.75) is 6.42 Å². The van der Waals surface area contributed by atoms with Gasteiger partial charge in [-0.15, -0.1) is 0 Å². The topological polar surface area (TPSA) is 32.9 Å². The van der Waals surface area contributed by atoms with Crippen molar-refractivity contribution in [1.29, 1.82) is 0 Å². The minimum atomic E-state index is -0.956. The van der Waals surface area contributed by atoms with E-state index >= 15 is 0 Å². The van der Waals surface area contributed by atoms with Gasteiger partial charge < -0.3 is 4.98 Å². The normalized spacial score (nSPS) is 10.4. The van der Waals surface area contributed by atoms with E-state index < -0.39 is 11.6 Å². The molecule has 0 aliphatic rings. The summed E-state index contributed by atoms with van der Waals surface area (Å²) in [6.45, 7) is 0. The maximum absolute atomic E-state index is 13.3. The van der Waals surface area contributed by atoms with Gasteiger partial charge >= 0.3 is 0 Å². The van der Waals surface area contributed by atoms with Crippen LogP contribution >= 0.6 is 0 Å². The number of hydrogen-bond donors (Lipinski definition) is 1. The minimum absolute atomic E-state index is 0.0691. The fraction of sp³-hybridized carbons (Fsp3) is 0.0833. The Bertz CT molecular complexity index is 506. The molecule has 0 aliphatic heterocycles. The Morgan fingerprint density at radius 3 is 2.69 bits per heavy atom. The van der Waals surface area contributed by atoms with Gasteiger partial charge in [0.15, 0.2) is 17.4 Å². The molecule has 1 N–H and O–H groups in total. The van der Waals surface area contributed by atoms with Gasteiger partial charge in [0.2, 0.25) is 0 Å².